The molecule has 2 rings (SSSR count). The summed E-state index contributed by atoms with van der Waals surface area (Å²) in [6.45, 7) is -1.50. The van der Waals surface area contributed by atoms with Gasteiger partial charge in [-0.15, -0.1) is 0 Å². The molecule has 2 aromatic rings. The lowest BCUT2D eigenvalue weighted by atomic mass is 10.1. The van der Waals surface area contributed by atoms with Crippen LogP contribution in [0.15, 0.2) is 48.5 Å². The number of carbonyl (C=O) groups excluding carboxylic acids is 1. The molecule has 0 unspecified atom stereocenters. The van der Waals surface area contributed by atoms with E-state index < -0.39 is 6.61 Å². The van der Waals surface area contributed by atoms with Crippen LogP contribution < -0.4 is 14.8 Å². The van der Waals surface area contributed by atoms with Gasteiger partial charge < -0.3 is 14.8 Å². The van der Waals surface area contributed by atoms with E-state index in [0.29, 0.717) is 13.1 Å². The summed E-state index contributed by atoms with van der Waals surface area (Å²) in [5.41, 5.74) is 2.03. The molecule has 27 heavy (non-hydrogen) atoms. The van der Waals surface area contributed by atoms with Crippen molar-refractivity contribution in [1.29, 1.82) is 0 Å². The molecule has 0 bridgehead atoms. The van der Waals surface area contributed by atoms with E-state index in [9.17, 15) is 13.6 Å². The lowest BCUT2D eigenvalue weighted by Crippen LogP contribution is -2.35. The number of amides is 1. The number of ether oxygens (including phenoxy) is 2. The first kappa shape index (κ1) is 20.6. The summed E-state index contributed by atoms with van der Waals surface area (Å²) < 4.78 is 33.7. The minimum absolute atomic E-state index is 0.0661. The Labute approximate surface area is 157 Å². The predicted molar refractivity (Wildman–Crippen MR) is 99.1 cm³/mol. The molecule has 2 aromatic carbocycles. The number of alkyl halides is 2. The number of hydrogen-bond acceptors (Lipinski definition) is 4. The third-order valence-electron chi connectivity index (χ3n) is 3.91. The van der Waals surface area contributed by atoms with Crippen molar-refractivity contribution in [2.45, 2.75) is 19.6 Å². The third kappa shape index (κ3) is 7.62. The molecule has 0 saturated heterocycles. The van der Waals surface area contributed by atoms with Gasteiger partial charge in [0.05, 0.1) is 13.7 Å². The van der Waals surface area contributed by atoms with Crippen LogP contribution >= 0.6 is 0 Å². The third-order valence-corrected chi connectivity index (χ3v) is 3.91. The second kappa shape index (κ2) is 10.5. The van der Waals surface area contributed by atoms with Gasteiger partial charge in [0.25, 0.3) is 0 Å². The predicted octanol–water partition coefficient (Wildman–Crippen LogP) is 3.09. The van der Waals surface area contributed by atoms with Gasteiger partial charge in [0.2, 0.25) is 5.91 Å². The van der Waals surface area contributed by atoms with Crippen LogP contribution in [0.1, 0.15) is 11.1 Å². The monoisotopic (exact) mass is 378 g/mol. The van der Waals surface area contributed by atoms with Gasteiger partial charge in [-0.05, 0) is 48.9 Å². The Kier molecular flexibility index (Phi) is 8.00. The molecule has 0 heterocycles. The van der Waals surface area contributed by atoms with Crippen LogP contribution in [0.3, 0.4) is 0 Å². The fourth-order valence-electron chi connectivity index (χ4n) is 2.58. The number of rotatable bonds is 10. The Balaban J connectivity index is 1.69. The minimum atomic E-state index is -2.83. The Morgan fingerprint density at radius 2 is 1.63 bits per heavy atom. The van der Waals surface area contributed by atoms with Crippen molar-refractivity contribution in [3.63, 3.8) is 0 Å². The molecule has 1 amide bonds. The molecule has 5 nitrogen and oxygen atoms in total. The molecular weight excluding hydrogens is 354 g/mol. The maximum atomic E-state index is 12.1. The molecule has 7 heteroatoms. The van der Waals surface area contributed by atoms with Crippen LogP contribution in [-0.2, 0) is 17.8 Å². The van der Waals surface area contributed by atoms with E-state index in [-0.39, 0.29) is 18.2 Å². The van der Waals surface area contributed by atoms with Crippen LogP contribution in [0.4, 0.5) is 8.78 Å². The largest absolute Gasteiger partial charge is 0.497 e. The average molecular weight is 378 g/mol. The maximum Gasteiger partial charge on any atom is 0.387 e. The van der Waals surface area contributed by atoms with E-state index in [1.807, 2.05) is 36.2 Å². The van der Waals surface area contributed by atoms with E-state index >= 15 is 0 Å². The summed E-state index contributed by atoms with van der Waals surface area (Å²) in [6, 6.07) is 14.1. The van der Waals surface area contributed by atoms with Crippen LogP contribution in [0, 0.1) is 0 Å². The van der Waals surface area contributed by atoms with Gasteiger partial charge >= 0.3 is 6.61 Å². The molecule has 0 aromatic heterocycles. The highest BCUT2D eigenvalue weighted by molar-refractivity contribution is 5.77. The smallest absolute Gasteiger partial charge is 0.387 e. The highest BCUT2D eigenvalue weighted by Gasteiger charge is 2.08. The summed E-state index contributed by atoms with van der Waals surface area (Å²) >= 11 is 0. The van der Waals surface area contributed by atoms with Crippen molar-refractivity contribution in [3.8, 4) is 11.5 Å². The first-order valence-electron chi connectivity index (χ1n) is 8.58. The Bertz CT molecular complexity index is 706. The van der Waals surface area contributed by atoms with Crippen molar-refractivity contribution < 1.29 is 23.0 Å². The van der Waals surface area contributed by atoms with Crippen molar-refractivity contribution in [2.24, 2.45) is 0 Å². The number of carbonyl (C=O) groups is 1. The van der Waals surface area contributed by atoms with E-state index in [1.165, 1.54) is 12.1 Å². The molecule has 146 valence electrons. The van der Waals surface area contributed by atoms with E-state index in [1.54, 1.807) is 19.2 Å². The molecule has 0 fully saturated rings. The summed E-state index contributed by atoms with van der Waals surface area (Å²) in [6.07, 6.45) is 0.741. The normalized spacial score (nSPS) is 10.9. The van der Waals surface area contributed by atoms with Crippen molar-refractivity contribution >= 4 is 5.91 Å². The zero-order chi connectivity index (χ0) is 19.6. The lowest BCUT2D eigenvalue weighted by molar-refractivity contribution is -0.122. The average Bonchev–Trinajstić information content (AvgIpc) is 2.63. The zero-order valence-electron chi connectivity index (χ0n) is 15.5. The molecule has 0 saturated carbocycles. The number of halogens is 2. The van der Waals surface area contributed by atoms with Gasteiger partial charge in [-0.2, -0.15) is 8.78 Å². The first-order chi connectivity index (χ1) is 13.0. The van der Waals surface area contributed by atoms with Crippen LogP contribution in [0.25, 0.3) is 0 Å². The fourth-order valence-corrected chi connectivity index (χ4v) is 2.58. The van der Waals surface area contributed by atoms with Gasteiger partial charge in [0.15, 0.2) is 0 Å². The zero-order valence-corrected chi connectivity index (χ0v) is 15.5. The van der Waals surface area contributed by atoms with Crippen molar-refractivity contribution in [2.75, 3.05) is 27.2 Å². The summed E-state index contributed by atoms with van der Waals surface area (Å²) in [7, 11) is 3.45. The van der Waals surface area contributed by atoms with Crippen molar-refractivity contribution in [3.05, 3.63) is 59.7 Å². The molecule has 0 atom stereocenters. The molecule has 0 radical (unpaired) electrons. The van der Waals surface area contributed by atoms with Crippen LogP contribution in [0.2, 0.25) is 0 Å². The summed E-state index contributed by atoms with van der Waals surface area (Å²) in [5.74, 6) is 0.856. The van der Waals surface area contributed by atoms with E-state index in [2.05, 4.69) is 10.1 Å². The van der Waals surface area contributed by atoms with Gasteiger partial charge in [-0.25, -0.2) is 0 Å². The second-order valence-electron chi connectivity index (χ2n) is 6.14. The minimum Gasteiger partial charge on any atom is -0.497 e. The molecule has 0 aliphatic carbocycles. The quantitative estimate of drug-likeness (QED) is 0.690. The van der Waals surface area contributed by atoms with Crippen molar-refractivity contribution in [1.82, 2.24) is 10.2 Å². The van der Waals surface area contributed by atoms with Gasteiger partial charge in [-0.3, -0.25) is 9.69 Å². The standard InChI is InChI=1S/C20H24F2N2O3/c1-24(13-16-5-9-18(10-6-16)27-20(21)22)14-19(25)23-12-11-15-3-7-17(26-2)8-4-15/h3-10,20H,11-14H2,1-2H3,(H,23,25). The fraction of sp³-hybridized carbons (Fsp3) is 0.350. The SMILES string of the molecule is COc1ccc(CCNC(=O)CN(C)Cc2ccc(OC(F)F)cc2)cc1. The molecule has 0 spiro atoms. The maximum absolute atomic E-state index is 12.1. The Morgan fingerprint density at radius 1 is 1.04 bits per heavy atom. The van der Waals surface area contributed by atoms with Crippen LogP contribution in [0.5, 0.6) is 11.5 Å². The Hall–Kier alpha value is -2.67. The highest BCUT2D eigenvalue weighted by Crippen LogP contribution is 2.15. The van der Waals surface area contributed by atoms with Crippen LogP contribution in [-0.4, -0.2) is 44.7 Å². The number of nitrogens with one attached hydrogen (secondary N) is 1. The summed E-state index contributed by atoms with van der Waals surface area (Å²) in [5, 5.41) is 2.89. The number of likely N-dealkylation sites (N-methyl/N-ethyl adjacent to an activating group) is 1. The second-order valence-corrected chi connectivity index (χ2v) is 6.14. The lowest BCUT2D eigenvalue weighted by Gasteiger charge is -2.16. The molecule has 1 N–H and O–H groups in total. The Morgan fingerprint density at radius 3 is 2.22 bits per heavy atom. The number of hydrogen-bond donors (Lipinski definition) is 1. The van der Waals surface area contributed by atoms with E-state index in [0.717, 1.165) is 23.3 Å². The first-order valence-corrected chi connectivity index (χ1v) is 8.58. The van der Waals surface area contributed by atoms with Gasteiger partial charge in [0.1, 0.15) is 11.5 Å². The van der Waals surface area contributed by atoms with Gasteiger partial charge in [-0.1, -0.05) is 24.3 Å². The molecule has 0 aliphatic rings. The summed E-state index contributed by atoms with van der Waals surface area (Å²) in [4.78, 5) is 13.9. The molecular formula is C20H24F2N2O3. The number of benzene rings is 2. The van der Waals surface area contributed by atoms with Gasteiger partial charge in [0, 0.05) is 13.1 Å². The molecule has 0 aliphatic heterocycles. The topological polar surface area (TPSA) is 50.8 Å². The van der Waals surface area contributed by atoms with E-state index in [4.69, 9.17) is 4.74 Å². The number of nitrogens with zero attached hydrogens (tertiary/aromatic N) is 1. The highest BCUT2D eigenvalue weighted by atomic mass is 19.3. The number of methoxy groups -OCH3 is 1.